The Hall–Kier alpha value is -2.51. The molecule has 0 amide bonds. The summed E-state index contributed by atoms with van der Waals surface area (Å²) in [4.78, 5) is 21.1. The minimum Gasteiger partial charge on any atom is -0.258 e. The summed E-state index contributed by atoms with van der Waals surface area (Å²) in [5.41, 5.74) is 0.144. The number of hydrogen-bond acceptors (Lipinski definition) is 5. The molecular formula is C8H7N5O3. The van der Waals surface area contributed by atoms with Crippen molar-refractivity contribution in [3.63, 3.8) is 0 Å². The molecule has 0 aliphatic heterocycles. The van der Waals surface area contributed by atoms with Crippen molar-refractivity contribution in [1.82, 2.24) is 20.2 Å². The Bertz CT molecular complexity index is 573. The quantitative estimate of drug-likeness (QED) is 0.576. The minimum absolute atomic E-state index is 0.0194. The summed E-state index contributed by atoms with van der Waals surface area (Å²) in [6.07, 6.45) is 0. The number of nitrogens with one attached hydrogen (secondary N) is 1. The van der Waals surface area contributed by atoms with Crippen LogP contribution < -0.4 is 5.69 Å². The van der Waals surface area contributed by atoms with Gasteiger partial charge in [0.05, 0.1) is 11.5 Å². The number of H-pyrrole nitrogens is 1. The molecule has 0 aliphatic carbocycles. The van der Waals surface area contributed by atoms with Crippen molar-refractivity contribution < 1.29 is 4.92 Å². The third kappa shape index (κ3) is 1.95. The lowest BCUT2D eigenvalue weighted by atomic mass is 10.2. The summed E-state index contributed by atoms with van der Waals surface area (Å²) in [5.74, 6) is 0. The number of aromatic amines is 1. The lowest BCUT2D eigenvalue weighted by Gasteiger charge is -1.98. The van der Waals surface area contributed by atoms with Crippen LogP contribution in [0.4, 0.5) is 5.69 Å². The van der Waals surface area contributed by atoms with Gasteiger partial charge in [0.15, 0.2) is 0 Å². The van der Waals surface area contributed by atoms with E-state index in [0.717, 1.165) is 4.68 Å². The molecule has 16 heavy (non-hydrogen) atoms. The zero-order valence-electron chi connectivity index (χ0n) is 8.03. The van der Waals surface area contributed by atoms with E-state index in [2.05, 4.69) is 15.5 Å². The molecule has 0 unspecified atom stereocenters. The highest BCUT2D eigenvalue weighted by molar-refractivity contribution is 5.34. The molecule has 0 aliphatic rings. The highest BCUT2D eigenvalue weighted by Crippen LogP contribution is 2.13. The van der Waals surface area contributed by atoms with Crippen molar-refractivity contribution in [2.75, 3.05) is 0 Å². The number of nitrogens with zero attached hydrogens (tertiary/aromatic N) is 4. The topological polar surface area (TPSA) is 107 Å². The molecule has 2 rings (SSSR count). The number of aromatic nitrogens is 4. The fourth-order valence-electron chi connectivity index (χ4n) is 1.26. The van der Waals surface area contributed by atoms with E-state index in [1.165, 1.54) is 12.1 Å². The molecule has 0 saturated carbocycles. The molecule has 1 N–H and O–H groups in total. The van der Waals surface area contributed by atoms with Gasteiger partial charge in [-0.25, -0.2) is 9.89 Å². The summed E-state index contributed by atoms with van der Waals surface area (Å²) in [6.45, 7) is 0.150. The Labute approximate surface area is 88.7 Å². The molecule has 1 heterocycles. The van der Waals surface area contributed by atoms with Crippen molar-refractivity contribution in [3.8, 4) is 0 Å². The van der Waals surface area contributed by atoms with Gasteiger partial charge < -0.3 is 0 Å². The molecule has 1 aromatic carbocycles. The summed E-state index contributed by atoms with van der Waals surface area (Å²) in [6, 6.07) is 6.00. The van der Waals surface area contributed by atoms with Gasteiger partial charge in [0.2, 0.25) is 0 Å². The molecule has 0 atom stereocenters. The Kier molecular flexibility index (Phi) is 2.46. The van der Waals surface area contributed by atoms with E-state index in [1.54, 1.807) is 12.1 Å². The normalized spacial score (nSPS) is 10.2. The molecule has 2 aromatic rings. The zero-order valence-corrected chi connectivity index (χ0v) is 8.03. The zero-order chi connectivity index (χ0) is 11.5. The molecule has 82 valence electrons. The molecule has 8 heteroatoms. The van der Waals surface area contributed by atoms with E-state index < -0.39 is 10.6 Å². The number of non-ortho nitro benzene ring substituents is 1. The third-order valence-corrected chi connectivity index (χ3v) is 1.99. The van der Waals surface area contributed by atoms with E-state index in [0.29, 0.717) is 5.56 Å². The molecule has 8 nitrogen and oxygen atoms in total. The Balaban J connectivity index is 2.29. The van der Waals surface area contributed by atoms with E-state index in [9.17, 15) is 14.9 Å². The maximum atomic E-state index is 11.1. The molecular weight excluding hydrogens is 214 g/mol. The predicted octanol–water partition coefficient (Wildman–Crippen LogP) is -0.0771. The first-order chi connectivity index (χ1) is 7.66. The van der Waals surface area contributed by atoms with Crippen LogP contribution in [0.15, 0.2) is 29.1 Å². The summed E-state index contributed by atoms with van der Waals surface area (Å²) in [5, 5.41) is 19.5. The van der Waals surface area contributed by atoms with Crippen LogP contribution in [0.5, 0.6) is 0 Å². The summed E-state index contributed by atoms with van der Waals surface area (Å²) >= 11 is 0. The van der Waals surface area contributed by atoms with Crippen LogP contribution in [-0.4, -0.2) is 25.1 Å². The van der Waals surface area contributed by atoms with E-state index in [1.807, 2.05) is 0 Å². The predicted molar refractivity (Wildman–Crippen MR) is 52.8 cm³/mol. The fourth-order valence-corrected chi connectivity index (χ4v) is 1.26. The van der Waals surface area contributed by atoms with Crippen molar-refractivity contribution >= 4 is 5.69 Å². The lowest BCUT2D eigenvalue weighted by Crippen LogP contribution is -2.18. The van der Waals surface area contributed by atoms with Crippen LogP contribution in [0, 0.1) is 10.1 Å². The standard InChI is InChI=1S/C8H7N5O3/c14-8-9-10-11-12(8)5-6-2-1-3-7(4-6)13(15)16/h1-4H,5H2,(H,9,11,14). The van der Waals surface area contributed by atoms with Gasteiger partial charge in [-0.05, 0) is 16.0 Å². The molecule has 0 radical (unpaired) electrons. The number of benzene rings is 1. The highest BCUT2D eigenvalue weighted by Gasteiger charge is 2.07. The monoisotopic (exact) mass is 221 g/mol. The van der Waals surface area contributed by atoms with Crippen molar-refractivity contribution in [3.05, 3.63) is 50.4 Å². The summed E-state index contributed by atoms with van der Waals surface area (Å²) in [7, 11) is 0. The first-order valence-electron chi connectivity index (χ1n) is 4.38. The Morgan fingerprint density at radius 3 is 2.94 bits per heavy atom. The minimum atomic E-state index is -0.491. The van der Waals surface area contributed by atoms with Gasteiger partial charge in [0, 0.05) is 12.1 Å². The molecule has 0 fully saturated rings. The molecule has 0 bridgehead atoms. The van der Waals surface area contributed by atoms with Crippen LogP contribution in [-0.2, 0) is 6.54 Å². The van der Waals surface area contributed by atoms with Crippen LogP contribution >= 0.6 is 0 Å². The largest absolute Gasteiger partial charge is 0.361 e. The summed E-state index contributed by atoms with van der Waals surface area (Å²) < 4.78 is 1.08. The van der Waals surface area contributed by atoms with Crippen LogP contribution in [0.25, 0.3) is 0 Å². The van der Waals surface area contributed by atoms with Crippen LogP contribution in [0.3, 0.4) is 0 Å². The van der Waals surface area contributed by atoms with Gasteiger partial charge in [-0.15, -0.1) is 0 Å². The number of nitro benzene ring substituents is 1. The second-order valence-electron chi connectivity index (χ2n) is 3.09. The first-order valence-corrected chi connectivity index (χ1v) is 4.38. The third-order valence-electron chi connectivity index (χ3n) is 1.99. The number of nitro groups is 1. The Morgan fingerprint density at radius 1 is 1.50 bits per heavy atom. The van der Waals surface area contributed by atoms with Gasteiger partial charge in [0.25, 0.3) is 5.69 Å². The van der Waals surface area contributed by atoms with Crippen LogP contribution in [0.2, 0.25) is 0 Å². The van der Waals surface area contributed by atoms with Crippen molar-refractivity contribution in [1.29, 1.82) is 0 Å². The van der Waals surface area contributed by atoms with E-state index in [-0.39, 0.29) is 12.2 Å². The van der Waals surface area contributed by atoms with Gasteiger partial charge in [-0.2, -0.15) is 4.68 Å². The van der Waals surface area contributed by atoms with Gasteiger partial charge in [0.1, 0.15) is 0 Å². The van der Waals surface area contributed by atoms with Crippen molar-refractivity contribution in [2.24, 2.45) is 0 Å². The maximum absolute atomic E-state index is 11.1. The second-order valence-corrected chi connectivity index (χ2v) is 3.09. The smallest absolute Gasteiger partial charge is 0.258 e. The number of rotatable bonds is 3. The van der Waals surface area contributed by atoms with Gasteiger partial charge in [-0.3, -0.25) is 10.1 Å². The highest BCUT2D eigenvalue weighted by atomic mass is 16.6. The number of hydrogen-bond donors (Lipinski definition) is 1. The average Bonchev–Trinajstić information content (AvgIpc) is 2.65. The van der Waals surface area contributed by atoms with Crippen molar-refractivity contribution in [2.45, 2.75) is 6.54 Å². The maximum Gasteiger partial charge on any atom is 0.361 e. The first kappa shape index (κ1) is 10.0. The van der Waals surface area contributed by atoms with Gasteiger partial charge in [-0.1, -0.05) is 12.1 Å². The second kappa shape index (κ2) is 3.93. The molecule has 0 spiro atoms. The van der Waals surface area contributed by atoms with Crippen LogP contribution in [0.1, 0.15) is 5.56 Å². The van der Waals surface area contributed by atoms with E-state index >= 15 is 0 Å². The van der Waals surface area contributed by atoms with Gasteiger partial charge >= 0.3 is 5.69 Å². The molecule has 0 saturated heterocycles. The number of tetrazole rings is 1. The Morgan fingerprint density at radius 2 is 2.31 bits per heavy atom. The SMILES string of the molecule is O=c1[nH]nnn1Cc1cccc([N+](=O)[O-])c1. The molecule has 1 aromatic heterocycles. The average molecular weight is 221 g/mol. The van der Waals surface area contributed by atoms with E-state index in [4.69, 9.17) is 0 Å². The fraction of sp³-hybridized carbons (Fsp3) is 0.125. The lowest BCUT2D eigenvalue weighted by molar-refractivity contribution is -0.384.